The lowest BCUT2D eigenvalue weighted by Gasteiger charge is -2.12. The summed E-state index contributed by atoms with van der Waals surface area (Å²) in [6.07, 6.45) is 2.07. The standard InChI is InChI=1S/C17H14FN3OS/c18-14-4-2-1-3-11(14)12-7-15(10-5-6-10)21-17(13(12)8-19)23-9-16(20)22/h1-4,7,10H,5-6,9H2,(H2,20,22). The normalized spacial score (nSPS) is 13.6. The second-order valence-corrected chi connectivity index (χ2v) is 6.36. The van der Waals surface area contributed by atoms with Crippen LogP contribution in [0.1, 0.15) is 30.0 Å². The van der Waals surface area contributed by atoms with E-state index in [4.69, 9.17) is 5.73 Å². The number of hydrogen-bond acceptors (Lipinski definition) is 4. The van der Waals surface area contributed by atoms with E-state index in [1.165, 1.54) is 6.07 Å². The van der Waals surface area contributed by atoms with Gasteiger partial charge in [-0.3, -0.25) is 4.79 Å². The second kappa shape index (κ2) is 6.39. The molecule has 0 bridgehead atoms. The first-order chi connectivity index (χ1) is 11.1. The van der Waals surface area contributed by atoms with Crippen molar-refractivity contribution in [3.8, 4) is 17.2 Å². The molecule has 23 heavy (non-hydrogen) atoms. The van der Waals surface area contributed by atoms with Crippen molar-refractivity contribution in [1.82, 2.24) is 4.98 Å². The molecule has 0 spiro atoms. The van der Waals surface area contributed by atoms with Crippen molar-refractivity contribution in [2.24, 2.45) is 5.73 Å². The molecule has 4 nitrogen and oxygen atoms in total. The maximum atomic E-state index is 14.2. The second-order valence-electron chi connectivity index (χ2n) is 5.40. The van der Waals surface area contributed by atoms with Gasteiger partial charge in [-0.15, -0.1) is 0 Å². The van der Waals surface area contributed by atoms with Crippen LogP contribution in [0.25, 0.3) is 11.1 Å². The number of rotatable bonds is 5. The van der Waals surface area contributed by atoms with Crippen molar-refractivity contribution >= 4 is 17.7 Å². The number of halogens is 1. The fourth-order valence-electron chi connectivity index (χ4n) is 2.37. The van der Waals surface area contributed by atoms with Crippen molar-refractivity contribution in [3.63, 3.8) is 0 Å². The third-order valence-corrected chi connectivity index (χ3v) is 4.63. The summed E-state index contributed by atoms with van der Waals surface area (Å²) in [5, 5.41) is 9.96. The Morgan fingerprint density at radius 2 is 2.13 bits per heavy atom. The van der Waals surface area contributed by atoms with Gasteiger partial charge < -0.3 is 5.73 Å². The zero-order chi connectivity index (χ0) is 16.4. The number of hydrogen-bond donors (Lipinski definition) is 1. The summed E-state index contributed by atoms with van der Waals surface area (Å²) < 4.78 is 14.2. The molecule has 2 N–H and O–H groups in total. The molecular formula is C17H14FN3OS. The number of primary amides is 1. The Hall–Kier alpha value is -2.39. The number of aromatic nitrogens is 1. The third-order valence-electron chi connectivity index (χ3n) is 3.63. The average Bonchev–Trinajstić information content (AvgIpc) is 3.37. The Kier molecular flexibility index (Phi) is 4.30. The fourth-order valence-corrected chi connectivity index (χ4v) is 3.12. The van der Waals surface area contributed by atoms with Gasteiger partial charge in [0, 0.05) is 22.7 Å². The summed E-state index contributed by atoms with van der Waals surface area (Å²) in [6.45, 7) is 0. The van der Waals surface area contributed by atoms with Gasteiger partial charge in [-0.25, -0.2) is 9.37 Å². The molecule has 2 aromatic rings. The van der Waals surface area contributed by atoms with Gasteiger partial charge in [0.1, 0.15) is 16.9 Å². The molecule has 116 valence electrons. The summed E-state index contributed by atoms with van der Waals surface area (Å²) in [7, 11) is 0. The third kappa shape index (κ3) is 3.35. The van der Waals surface area contributed by atoms with E-state index in [0.29, 0.717) is 22.1 Å². The van der Waals surface area contributed by atoms with Crippen molar-refractivity contribution in [2.75, 3.05) is 5.75 Å². The summed E-state index contributed by atoms with van der Waals surface area (Å²) >= 11 is 1.12. The summed E-state index contributed by atoms with van der Waals surface area (Å²) in [4.78, 5) is 15.5. The van der Waals surface area contributed by atoms with Crippen molar-refractivity contribution in [3.05, 3.63) is 47.4 Å². The van der Waals surface area contributed by atoms with Crippen LogP contribution in [0.3, 0.4) is 0 Å². The van der Waals surface area contributed by atoms with Crippen molar-refractivity contribution in [2.45, 2.75) is 23.8 Å². The molecule has 0 aliphatic heterocycles. The van der Waals surface area contributed by atoms with E-state index in [0.717, 1.165) is 30.3 Å². The lowest BCUT2D eigenvalue weighted by molar-refractivity contribution is -0.115. The summed E-state index contributed by atoms with van der Waals surface area (Å²) in [5.74, 6) is -0.485. The van der Waals surface area contributed by atoms with Crippen LogP contribution in [0.15, 0.2) is 35.4 Å². The zero-order valence-electron chi connectivity index (χ0n) is 12.3. The maximum absolute atomic E-state index is 14.2. The first kappa shape index (κ1) is 15.5. The van der Waals surface area contributed by atoms with Crippen LogP contribution in [0.2, 0.25) is 0 Å². The van der Waals surface area contributed by atoms with Gasteiger partial charge in [0.25, 0.3) is 0 Å². The molecule has 0 saturated heterocycles. The van der Waals surface area contributed by atoms with Gasteiger partial charge in [0.05, 0.1) is 11.3 Å². The average molecular weight is 327 g/mol. The van der Waals surface area contributed by atoms with Crippen LogP contribution >= 0.6 is 11.8 Å². The maximum Gasteiger partial charge on any atom is 0.227 e. The Bertz CT molecular complexity index is 812. The Balaban J connectivity index is 2.15. The van der Waals surface area contributed by atoms with Gasteiger partial charge >= 0.3 is 0 Å². The molecule has 3 rings (SSSR count). The Morgan fingerprint density at radius 3 is 2.74 bits per heavy atom. The van der Waals surface area contributed by atoms with Crippen LogP contribution in [-0.4, -0.2) is 16.6 Å². The topological polar surface area (TPSA) is 79.8 Å². The van der Waals surface area contributed by atoms with E-state index in [-0.39, 0.29) is 17.1 Å². The van der Waals surface area contributed by atoms with Crippen LogP contribution in [0.5, 0.6) is 0 Å². The number of pyridine rings is 1. The van der Waals surface area contributed by atoms with Crippen molar-refractivity contribution < 1.29 is 9.18 Å². The Morgan fingerprint density at radius 1 is 1.39 bits per heavy atom. The van der Waals surface area contributed by atoms with E-state index in [1.807, 2.05) is 0 Å². The Labute approximate surface area is 137 Å². The number of nitrogens with zero attached hydrogens (tertiary/aromatic N) is 2. The van der Waals surface area contributed by atoms with Crippen LogP contribution in [0.4, 0.5) is 4.39 Å². The smallest absolute Gasteiger partial charge is 0.227 e. The number of carbonyl (C=O) groups excluding carboxylic acids is 1. The lowest BCUT2D eigenvalue weighted by Crippen LogP contribution is -2.13. The predicted octanol–water partition coefficient (Wildman–Crippen LogP) is 3.21. The number of benzene rings is 1. The molecule has 0 atom stereocenters. The number of amides is 1. The van der Waals surface area contributed by atoms with E-state index in [2.05, 4.69) is 11.1 Å². The molecule has 1 amide bonds. The minimum atomic E-state index is -0.482. The zero-order valence-corrected chi connectivity index (χ0v) is 13.1. The van der Waals surface area contributed by atoms with Crippen LogP contribution in [-0.2, 0) is 4.79 Å². The molecule has 1 aromatic heterocycles. The highest BCUT2D eigenvalue weighted by Crippen LogP contribution is 2.42. The van der Waals surface area contributed by atoms with Gasteiger partial charge in [0.15, 0.2) is 0 Å². The molecular weight excluding hydrogens is 313 g/mol. The van der Waals surface area contributed by atoms with Gasteiger partial charge in [-0.1, -0.05) is 30.0 Å². The van der Waals surface area contributed by atoms with Crippen LogP contribution in [0, 0.1) is 17.1 Å². The van der Waals surface area contributed by atoms with E-state index in [9.17, 15) is 14.4 Å². The monoisotopic (exact) mass is 327 g/mol. The highest BCUT2D eigenvalue weighted by molar-refractivity contribution is 8.00. The molecule has 1 heterocycles. The number of nitriles is 1. The number of nitrogens with two attached hydrogens (primary N) is 1. The van der Waals surface area contributed by atoms with Crippen LogP contribution < -0.4 is 5.73 Å². The quantitative estimate of drug-likeness (QED) is 0.855. The number of carbonyl (C=O) groups is 1. The van der Waals surface area contributed by atoms with E-state index in [1.54, 1.807) is 24.3 Å². The molecule has 0 unspecified atom stereocenters. The SMILES string of the molecule is N#Cc1c(-c2ccccc2F)cc(C2CC2)nc1SCC(N)=O. The number of thioether (sulfide) groups is 1. The molecule has 1 fully saturated rings. The van der Waals surface area contributed by atoms with Gasteiger partial charge in [-0.05, 0) is 25.0 Å². The first-order valence-electron chi connectivity index (χ1n) is 7.21. The first-order valence-corrected chi connectivity index (χ1v) is 8.19. The highest BCUT2D eigenvalue weighted by atomic mass is 32.2. The largest absolute Gasteiger partial charge is 0.369 e. The molecule has 6 heteroatoms. The minimum absolute atomic E-state index is 0.0342. The molecule has 1 aliphatic rings. The molecule has 1 saturated carbocycles. The van der Waals surface area contributed by atoms with Gasteiger partial charge in [0.2, 0.25) is 5.91 Å². The van der Waals surface area contributed by atoms with E-state index >= 15 is 0 Å². The lowest BCUT2D eigenvalue weighted by atomic mass is 10.00. The fraction of sp³-hybridized carbons (Fsp3) is 0.235. The molecule has 1 aromatic carbocycles. The summed E-state index contributed by atoms with van der Waals surface area (Å²) in [6, 6.07) is 10.2. The minimum Gasteiger partial charge on any atom is -0.369 e. The molecule has 1 aliphatic carbocycles. The predicted molar refractivity (Wildman–Crippen MR) is 86.2 cm³/mol. The summed E-state index contributed by atoms with van der Waals surface area (Å²) in [5.41, 5.74) is 7.20. The van der Waals surface area contributed by atoms with E-state index < -0.39 is 5.91 Å². The molecule has 0 radical (unpaired) electrons. The van der Waals surface area contributed by atoms with Gasteiger partial charge in [-0.2, -0.15) is 5.26 Å². The van der Waals surface area contributed by atoms with Crippen molar-refractivity contribution in [1.29, 1.82) is 5.26 Å². The highest BCUT2D eigenvalue weighted by Gasteiger charge is 2.28.